The molecule has 0 unspecified atom stereocenters. The second-order valence-corrected chi connectivity index (χ2v) is 4.80. The first-order chi connectivity index (χ1) is 8.74. The summed E-state index contributed by atoms with van der Waals surface area (Å²) in [4.78, 5) is 0. The Bertz CT molecular complexity index is 498. The van der Waals surface area contributed by atoms with E-state index >= 15 is 0 Å². The smallest absolute Gasteiger partial charge is 0.0857 e. The Morgan fingerprint density at radius 1 is 0.778 bits per heavy atom. The molecule has 0 atom stereocenters. The largest absolute Gasteiger partial charge is 0.151 e. The van der Waals surface area contributed by atoms with Crippen molar-refractivity contribution >= 4 is 11.4 Å². The molecule has 0 heterocycles. The molecule has 2 aromatic rings. The van der Waals surface area contributed by atoms with E-state index in [1.165, 1.54) is 5.56 Å². The van der Waals surface area contributed by atoms with Gasteiger partial charge in [0.1, 0.15) is 0 Å². The Morgan fingerprint density at radius 2 is 1.33 bits per heavy atom. The molecule has 18 heavy (non-hydrogen) atoms. The van der Waals surface area contributed by atoms with Crippen LogP contribution in [0.5, 0.6) is 0 Å². The molecule has 0 saturated carbocycles. The molecule has 0 N–H and O–H groups in total. The van der Waals surface area contributed by atoms with Crippen molar-refractivity contribution in [3.8, 4) is 0 Å². The minimum Gasteiger partial charge on any atom is -0.151 e. The summed E-state index contributed by atoms with van der Waals surface area (Å²) >= 11 is 0. The predicted molar refractivity (Wildman–Crippen MR) is 75.6 cm³/mol. The molecular weight excluding hydrogens is 220 g/mol. The topological polar surface area (TPSA) is 24.7 Å². The normalized spacial score (nSPS) is 11.3. The maximum atomic E-state index is 4.22. The summed E-state index contributed by atoms with van der Waals surface area (Å²) in [6.45, 7) is 4.45. The van der Waals surface area contributed by atoms with Gasteiger partial charge in [0.05, 0.1) is 11.4 Å². The summed E-state index contributed by atoms with van der Waals surface area (Å²) in [5.41, 5.74) is 3.12. The molecular formula is C16H18N2. The van der Waals surface area contributed by atoms with Crippen LogP contribution in [0, 0.1) is 5.92 Å². The Morgan fingerprint density at radius 3 is 1.89 bits per heavy atom. The van der Waals surface area contributed by atoms with Gasteiger partial charge in [0.2, 0.25) is 0 Å². The molecule has 0 saturated heterocycles. The fraction of sp³-hybridized carbons (Fsp3) is 0.250. The molecule has 0 amide bonds. The highest BCUT2D eigenvalue weighted by atomic mass is 15.1. The van der Waals surface area contributed by atoms with Gasteiger partial charge >= 0.3 is 0 Å². The summed E-state index contributed by atoms with van der Waals surface area (Å²) in [5.74, 6) is 0.682. The van der Waals surface area contributed by atoms with E-state index in [4.69, 9.17) is 0 Å². The first-order valence-corrected chi connectivity index (χ1v) is 6.30. The van der Waals surface area contributed by atoms with Crippen LogP contribution in [-0.4, -0.2) is 0 Å². The zero-order chi connectivity index (χ0) is 12.8. The van der Waals surface area contributed by atoms with Crippen molar-refractivity contribution in [2.45, 2.75) is 20.3 Å². The number of nitrogens with zero attached hydrogens (tertiary/aromatic N) is 2. The molecule has 2 aromatic carbocycles. The van der Waals surface area contributed by atoms with Crippen LogP contribution in [0.2, 0.25) is 0 Å². The van der Waals surface area contributed by atoms with Crippen LogP contribution in [0.1, 0.15) is 19.4 Å². The number of rotatable bonds is 4. The lowest BCUT2D eigenvalue weighted by Gasteiger charge is -2.04. The van der Waals surface area contributed by atoms with Crippen LogP contribution in [0.25, 0.3) is 0 Å². The lowest BCUT2D eigenvalue weighted by atomic mass is 10.0. The summed E-state index contributed by atoms with van der Waals surface area (Å²) in [5, 5.41) is 8.41. The average molecular weight is 238 g/mol. The Hall–Kier alpha value is -1.96. The minimum atomic E-state index is 0.682. The Kier molecular flexibility index (Phi) is 4.24. The molecule has 2 nitrogen and oxygen atoms in total. The van der Waals surface area contributed by atoms with E-state index in [2.05, 4.69) is 36.2 Å². The summed E-state index contributed by atoms with van der Waals surface area (Å²) in [6, 6.07) is 18.1. The monoisotopic (exact) mass is 238 g/mol. The summed E-state index contributed by atoms with van der Waals surface area (Å²) < 4.78 is 0. The highest BCUT2D eigenvalue weighted by Crippen LogP contribution is 2.19. The standard InChI is InChI=1S/C16H18N2/c1-13(2)12-14-8-10-16(11-9-14)18-17-15-6-4-3-5-7-15/h3-11,13H,12H2,1-2H3. The average Bonchev–Trinajstić information content (AvgIpc) is 2.38. The fourth-order valence-electron chi connectivity index (χ4n) is 1.78. The van der Waals surface area contributed by atoms with Gasteiger partial charge in [-0.25, -0.2) is 0 Å². The molecule has 0 aliphatic rings. The molecule has 2 heteroatoms. The molecule has 0 radical (unpaired) electrons. The quantitative estimate of drug-likeness (QED) is 0.646. The van der Waals surface area contributed by atoms with Gasteiger partial charge in [-0.15, -0.1) is 0 Å². The van der Waals surface area contributed by atoms with Gasteiger partial charge in [0.25, 0.3) is 0 Å². The zero-order valence-corrected chi connectivity index (χ0v) is 10.9. The van der Waals surface area contributed by atoms with Gasteiger partial charge in [-0.1, -0.05) is 44.2 Å². The Balaban J connectivity index is 2.04. The van der Waals surface area contributed by atoms with Crippen molar-refractivity contribution in [2.24, 2.45) is 16.1 Å². The highest BCUT2D eigenvalue weighted by Gasteiger charge is 1.97. The third kappa shape index (κ3) is 3.81. The van der Waals surface area contributed by atoms with Gasteiger partial charge < -0.3 is 0 Å². The van der Waals surface area contributed by atoms with Gasteiger partial charge in [-0.05, 0) is 42.2 Å². The second kappa shape index (κ2) is 6.10. The number of benzene rings is 2. The molecule has 0 aliphatic heterocycles. The molecule has 0 aromatic heterocycles. The molecule has 0 aliphatic carbocycles. The van der Waals surface area contributed by atoms with E-state index in [-0.39, 0.29) is 0 Å². The van der Waals surface area contributed by atoms with Crippen molar-refractivity contribution in [1.82, 2.24) is 0 Å². The third-order valence-electron chi connectivity index (χ3n) is 2.62. The van der Waals surface area contributed by atoms with Crippen LogP contribution in [0.3, 0.4) is 0 Å². The molecule has 0 spiro atoms. The van der Waals surface area contributed by atoms with E-state index in [0.29, 0.717) is 5.92 Å². The Labute approximate surface area is 108 Å². The highest BCUT2D eigenvalue weighted by molar-refractivity contribution is 5.40. The van der Waals surface area contributed by atoms with Crippen LogP contribution >= 0.6 is 0 Å². The van der Waals surface area contributed by atoms with E-state index in [0.717, 1.165) is 17.8 Å². The summed E-state index contributed by atoms with van der Waals surface area (Å²) in [7, 11) is 0. The number of hydrogen-bond acceptors (Lipinski definition) is 2. The zero-order valence-electron chi connectivity index (χ0n) is 10.9. The van der Waals surface area contributed by atoms with Crippen LogP contribution in [0.15, 0.2) is 64.8 Å². The first kappa shape index (κ1) is 12.5. The first-order valence-electron chi connectivity index (χ1n) is 6.30. The van der Waals surface area contributed by atoms with Crippen molar-refractivity contribution in [2.75, 3.05) is 0 Å². The predicted octanol–water partition coefficient (Wildman–Crippen LogP) is 5.30. The SMILES string of the molecule is CC(C)Cc1ccc(N=Nc2ccccc2)cc1. The minimum absolute atomic E-state index is 0.682. The summed E-state index contributed by atoms with van der Waals surface area (Å²) in [6.07, 6.45) is 1.11. The van der Waals surface area contributed by atoms with Crippen molar-refractivity contribution in [1.29, 1.82) is 0 Å². The third-order valence-corrected chi connectivity index (χ3v) is 2.62. The van der Waals surface area contributed by atoms with Crippen molar-refractivity contribution in [3.63, 3.8) is 0 Å². The van der Waals surface area contributed by atoms with Crippen LogP contribution < -0.4 is 0 Å². The molecule has 2 rings (SSSR count). The van der Waals surface area contributed by atoms with Gasteiger partial charge in [0, 0.05) is 0 Å². The van der Waals surface area contributed by atoms with E-state index in [1.54, 1.807) is 0 Å². The van der Waals surface area contributed by atoms with Crippen LogP contribution in [-0.2, 0) is 6.42 Å². The molecule has 92 valence electrons. The van der Waals surface area contributed by atoms with Crippen LogP contribution in [0.4, 0.5) is 11.4 Å². The number of azo groups is 1. The van der Waals surface area contributed by atoms with E-state index in [1.807, 2.05) is 42.5 Å². The van der Waals surface area contributed by atoms with Gasteiger partial charge in [-0.2, -0.15) is 10.2 Å². The maximum absolute atomic E-state index is 4.22. The lowest BCUT2D eigenvalue weighted by Crippen LogP contribution is -1.92. The maximum Gasteiger partial charge on any atom is 0.0857 e. The van der Waals surface area contributed by atoms with E-state index in [9.17, 15) is 0 Å². The van der Waals surface area contributed by atoms with Crippen molar-refractivity contribution < 1.29 is 0 Å². The number of hydrogen-bond donors (Lipinski definition) is 0. The van der Waals surface area contributed by atoms with Crippen molar-refractivity contribution in [3.05, 3.63) is 60.2 Å². The molecule has 0 bridgehead atoms. The second-order valence-electron chi connectivity index (χ2n) is 4.80. The van der Waals surface area contributed by atoms with Gasteiger partial charge in [-0.3, -0.25) is 0 Å². The molecule has 0 fully saturated rings. The van der Waals surface area contributed by atoms with E-state index < -0.39 is 0 Å². The lowest BCUT2D eigenvalue weighted by molar-refractivity contribution is 0.647. The fourth-order valence-corrected chi connectivity index (χ4v) is 1.78. The van der Waals surface area contributed by atoms with Gasteiger partial charge in [0.15, 0.2) is 0 Å².